The van der Waals surface area contributed by atoms with E-state index < -0.39 is 5.97 Å². The molecule has 0 spiro atoms. The van der Waals surface area contributed by atoms with Gasteiger partial charge in [-0.25, -0.2) is 0 Å². The van der Waals surface area contributed by atoms with Crippen LogP contribution in [0.3, 0.4) is 0 Å². The number of carbonyl (C=O) groups is 1. The molecule has 1 aliphatic rings. The van der Waals surface area contributed by atoms with Crippen molar-refractivity contribution in [3.8, 4) is 0 Å². The van der Waals surface area contributed by atoms with Crippen molar-refractivity contribution in [2.75, 3.05) is 18.8 Å². The molecule has 1 N–H and O–H groups in total. The van der Waals surface area contributed by atoms with Crippen LogP contribution in [0.1, 0.15) is 19.3 Å². The Labute approximate surface area is 133 Å². The minimum atomic E-state index is -0.713. The summed E-state index contributed by atoms with van der Waals surface area (Å²) in [5.41, 5.74) is 0. The highest BCUT2D eigenvalue weighted by molar-refractivity contribution is 7.99. The molecule has 110 valence electrons. The molecule has 3 nitrogen and oxygen atoms in total. The summed E-state index contributed by atoms with van der Waals surface area (Å²) in [4.78, 5) is 14.2. The van der Waals surface area contributed by atoms with Crippen LogP contribution < -0.4 is 0 Å². The lowest BCUT2D eigenvalue weighted by Gasteiger charge is -2.32. The average Bonchev–Trinajstić information content (AvgIpc) is 2.43. The highest BCUT2D eigenvalue weighted by Gasteiger charge is 2.27. The molecule has 1 heterocycles. The minimum Gasteiger partial charge on any atom is -0.480 e. The van der Waals surface area contributed by atoms with Crippen LogP contribution in [0.25, 0.3) is 0 Å². The quantitative estimate of drug-likeness (QED) is 0.826. The van der Waals surface area contributed by atoms with Crippen LogP contribution in [-0.2, 0) is 4.79 Å². The summed E-state index contributed by atoms with van der Waals surface area (Å²) in [6.07, 6.45) is 2.82. The fourth-order valence-corrected chi connectivity index (χ4v) is 3.88. The Kier molecular flexibility index (Phi) is 6.02. The maximum absolute atomic E-state index is 11.2. The third kappa shape index (κ3) is 4.29. The van der Waals surface area contributed by atoms with E-state index in [-0.39, 0.29) is 6.04 Å². The molecule has 0 aliphatic carbocycles. The molecule has 0 aromatic heterocycles. The van der Waals surface area contributed by atoms with Crippen molar-refractivity contribution < 1.29 is 9.90 Å². The van der Waals surface area contributed by atoms with E-state index in [1.54, 1.807) is 23.9 Å². The number of carboxylic acids is 1. The summed E-state index contributed by atoms with van der Waals surface area (Å²) in [5.74, 6) is 0.0969. The van der Waals surface area contributed by atoms with E-state index in [2.05, 4.69) is 4.90 Å². The molecule has 20 heavy (non-hydrogen) atoms. The van der Waals surface area contributed by atoms with Crippen molar-refractivity contribution in [2.24, 2.45) is 0 Å². The van der Waals surface area contributed by atoms with Crippen LogP contribution in [0, 0.1) is 0 Å². The SMILES string of the molecule is O=C(O)C1CCCCN1CCSc1cc(Cl)ccc1Cl. The van der Waals surface area contributed by atoms with Gasteiger partial charge in [-0.05, 0) is 37.6 Å². The molecule has 2 rings (SSSR count). The predicted octanol–water partition coefficient (Wildman–Crippen LogP) is 4.02. The highest BCUT2D eigenvalue weighted by Crippen LogP contribution is 2.30. The summed E-state index contributed by atoms with van der Waals surface area (Å²) in [7, 11) is 0. The highest BCUT2D eigenvalue weighted by atomic mass is 35.5. The molecule has 1 fully saturated rings. The van der Waals surface area contributed by atoms with Crippen molar-refractivity contribution in [2.45, 2.75) is 30.2 Å². The van der Waals surface area contributed by atoms with E-state index in [4.69, 9.17) is 23.2 Å². The van der Waals surface area contributed by atoms with Crippen molar-refractivity contribution in [1.29, 1.82) is 0 Å². The summed E-state index contributed by atoms with van der Waals surface area (Å²) in [6, 6.07) is 5.06. The standard InChI is InChI=1S/C14H17Cl2NO2S/c15-10-4-5-11(16)13(9-10)20-8-7-17-6-2-1-3-12(17)14(18)19/h4-5,9,12H,1-3,6-8H2,(H,18,19). The Bertz CT molecular complexity index is 484. The van der Waals surface area contributed by atoms with Gasteiger partial charge in [-0.15, -0.1) is 11.8 Å². The van der Waals surface area contributed by atoms with Crippen molar-refractivity contribution >= 4 is 40.9 Å². The number of hydrogen-bond acceptors (Lipinski definition) is 3. The van der Waals surface area contributed by atoms with Crippen LogP contribution in [0.2, 0.25) is 10.0 Å². The van der Waals surface area contributed by atoms with Gasteiger partial charge in [0.2, 0.25) is 0 Å². The number of aliphatic carboxylic acids is 1. The minimum absolute atomic E-state index is 0.334. The van der Waals surface area contributed by atoms with Crippen LogP contribution in [0.15, 0.2) is 23.1 Å². The third-order valence-electron chi connectivity index (χ3n) is 3.43. The van der Waals surface area contributed by atoms with Gasteiger partial charge >= 0.3 is 5.97 Å². The molecule has 0 amide bonds. The molecule has 1 unspecified atom stereocenters. The first-order valence-electron chi connectivity index (χ1n) is 6.62. The average molecular weight is 334 g/mol. The molecular weight excluding hydrogens is 317 g/mol. The molecule has 0 bridgehead atoms. The zero-order chi connectivity index (χ0) is 14.5. The summed E-state index contributed by atoms with van der Waals surface area (Å²) < 4.78 is 0. The monoisotopic (exact) mass is 333 g/mol. The molecule has 1 aromatic carbocycles. The Morgan fingerprint density at radius 1 is 1.40 bits per heavy atom. The number of halogens is 2. The van der Waals surface area contributed by atoms with E-state index in [0.29, 0.717) is 10.0 Å². The Balaban J connectivity index is 1.88. The number of piperidine rings is 1. The molecule has 1 atom stereocenters. The van der Waals surface area contributed by atoms with Crippen LogP contribution in [0.4, 0.5) is 0 Å². The molecule has 6 heteroatoms. The number of nitrogens with zero attached hydrogens (tertiary/aromatic N) is 1. The zero-order valence-electron chi connectivity index (χ0n) is 11.0. The molecule has 0 saturated carbocycles. The first-order chi connectivity index (χ1) is 9.58. The summed E-state index contributed by atoms with van der Waals surface area (Å²) in [6.45, 7) is 1.62. The van der Waals surface area contributed by atoms with Gasteiger partial charge in [0.25, 0.3) is 0 Å². The molecule has 0 radical (unpaired) electrons. The molecule has 1 saturated heterocycles. The second kappa shape index (κ2) is 7.55. The van der Waals surface area contributed by atoms with Crippen LogP contribution in [0.5, 0.6) is 0 Å². The third-order valence-corrected chi connectivity index (χ3v) is 5.14. The number of likely N-dealkylation sites (tertiary alicyclic amines) is 1. The predicted molar refractivity (Wildman–Crippen MR) is 84.0 cm³/mol. The zero-order valence-corrected chi connectivity index (χ0v) is 13.3. The maximum Gasteiger partial charge on any atom is 0.320 e. The van der Waals surface area contributed by atoms with Crippen molar-refractivity contribution in [3.05, 3.63) is 28.2 Å². The van der Waals surface area contributed by atoms with Gasteiger partial charge in [0.15, 0.2) is 0 Å². The topological polar surface area (TPSA) is 40.5 Å². The van der Waals surface area contributed by atoms with Gasteiger partial charge in [0, 0.05) is 22.2 Å². The fourth-order valence-electron chi connectivity index (χ4n) is 2.40. The van der Waals surface area contributed by atoms with Crippen LogP contribution >= 0.6 is 35.0 Å². The first-order valence-corrected chi connectivity index (χ1v) is 8.37. The van der Waals surface area contributed by atoms with Crippen LogP contribution in [-0.4, -0.2) is 40.9 Å². The molecular formula is C14H17Cl2NO2S. The van der Waals surface area contributed by atoms with Gasteiger partial charge in [0.1, 0.15) is 6.04 Å². The summed E-state index contributed by atoms with van der Waals surface area (Å²) >= 11 is 13.7. The normalized spacial score (nSPS) is 20.0. The van der Waals surface area contributed by atoms with E-state index in [0.717, 1.165) is 43.0 Å². The second-order valence-corrected chi connectivity index (χ2v) is 6.79. The van der Waals surface area contributed by atoms with Gasteiger partial charge in [0.05, 0.1) is 5.02 Å². The first kappa shape index (κ1) is 16.0. The summed E-state index contributed by atoms with van der Waals surface area (Å²) in [5, 5.41) is 10.6. The number of hydrogen-bond donors (Lipinski definition) is 1. The lowest BCUT2D eigenvalue weighted by molar-refractivity contribution is -0.144. The number of thioether (sulfide) groups is 1. The van der Waals surface area contributed by atoms with E-state index in [1.807, 2.05) is 6.07 Å². The number of carboxylic acid groups (broad SMARTS) is 1. The molecule has 1 aliphatic heterocycles. The lowest BCUT2D eigenvalue weighted by Crippen LogP contribution is -2.45. The Hall–Kier alpha value is -0.420. The Morgan fingerprint density at radius 3 is 2.95 bits per heavy atom. The lowest BCUT2D eigenvalue weighted by atomic mass is 10.0. The molecule has 1 aromatic rings. The van der Waals surface area contributed by atoms with Gasteiger partial charge in [-0.2, -0.15) is 0 Å². The van der Waals surface area contributed by atoms with Gasteiger partial charge in [-0.3, -0.25) is 9.69 Å². The Morgan fingerprint density at radius 2 is 2.20 bits per heavy atom. The smallest absolute Gasteiger partial charge is 0.320 e. The second-order valence-electron chi connectivity index (χ2n) is 4.81. The van der Waals surface area contributed by atoms with Crippen molar-refractivity contribution in [3.63, 3.8) is 0 Å². The van der Waals surface area contributed by atoms with E-state index in [1.165, 1.54) is 0 Å². The number of benzene rings is 1. The maximum atomic E-state index is 11.2. The van der Waals surface area contributed by atoms with E-state index >= 15 is 0 Å². The van der Waals surface area contributed by atoms with Crippen molar-refractivity contribution in [1.82, 2.24) is 4.90 Å². The number of rotatable bonds is 5. The van der Waals surface area contributed by atoms with Gasteiger partial charge < -0.3 is 5.11 Å². The van der Waals surface area contributed by atoms with E-state index in [9.17, 15) is 9.90 Å². The van der Waals surface area contributed by atoms with Gasteiger partial charge in [-0.1, -0.05) is 29.6 Å². The largest absolute Gasteiger partial charge is 0.480 e. The fraction of sp³-hybridized carbons (Fsp3) is 0.500.